The number of sulfonamides is 1. The summed E-state index contributed by atoms with van der Waals surface area (Å²) >= 11 is 0. The molecule has 0 aliphatic carbocycles. The van der Waals surface area contributed by atoms with Crippen molar-refractivity contribution in [2.24, 2.45) is 5.92 Å². The molecule has 1 aromatic rings. The number of rotatable bonds is 4. The Morgan fingerprint density at radius 1 is 1.42 bits per heavy atom. The Bertz CT molecular complexity index is 608. The van der Waals surface area contributed by atoms with Gasteiger partial charge in [-0.1, -0.05) is 0 Å². The molecule has 1 saturated heterocycles. The molecule has 4 N–H and O–H groups in total. The zero-order chi connectivity index (χ0) is 14.2. The number of nitrogen functional groups attached to an aromatic ring is 1. The standard InChI is InChI=1S/C11H14N2O5S/c12-8-1-2-10(9(3-8)11(15)16)19(17,18)13-4-7(5-13)6-14/h1-3,7,14H,4-6,12H2,(H,15,16). The maximum absolute atomic E-state index is 12.3. The van der Waals surface area contributed by atoms with E-state index in [1.165, 1.54) is 12.1 Å². The van der Waals surface area contributed by atoms with Crippen LogP contribution in [0, 0.1) is 5.92 Å². The topological polar surface area (TPSA) is 121 Å². The van der Waals surface area contributed by atoms with Gasteiger partial charge in [0.1, 0.15) is 0 Å². The van der Waals surface area contributed by atoms with E-state index in [9.17, 15) is 13.2 Å². The predicted molar refractivity (Wildman–Crippen MR) is 67.1 cm³/mol. The van der Waals surface area contributed by atoms with Crippen molar-refractivity contribution in [3.63, 3.8) is 0 Å². The Kier molecular flexibility index (Phi) is 3.48. The first kappa shape index (κ1) is 13.8. The van der Waals surface area contributed by atoms with Crippen molar-refractivity contribution in [2.45, 2.75) is 4.90 Å². The maximum atomic E-state index is 12.3. The fraction of sp³-hybridized carbons (Fsp3) is 0.364. The number of aliphatic hydroxyl groups excluding tert-OH is 1. The van der Waals surface area contributed by atoms with Gasteiger partial charge in [0.25, 0.3) is 0 Å². The maximum Gasteiger partial charge on any atom is 0.337 e. The number of anilines is 1. The van der Waals surface area contributed by atoms with Crippen LogP contribution >= 0.6 is 0 Å². The van der Waals surface area contributed by atoms with Gasteiger partial charge in [-0.05, 0) is 18.2 Å². The first-order chi connectivity index (χ1) is 8.86. The third-order valence-corrected chi connectivity index (χ3v) is 4.92. The summed E-state index contributed by atoms with van der Waals surface area (Å²) in [6, 6.07) is 3.67. The average Bonchev–Trinajstić information content (AvgIpc) is 2.26. The van der Waals surface area contributed by atoms with E-state index in [2.05, 4.69) is 0 Å². The monoisotopic (exact) mass is 286 g/mol. The van der Waals surface area contributed by atoms with E-state index < -0.39 is 16.0 Å². The summed E-state index contributed by atoms with van der Waals surface area (Å²) in [7, 11) is -3.85. The van der Waals surface area contributed by atoms with Crippen LogP contribution < -0.4 is 5.73 Å². The van der Waals surface area contributed by atoms with Gasteiger partial charge in [0, 0.05) is 31.3 Å². The number of aliphatic hydroxyl groups is 1. The Balaban J connectivity index is 2.39. The van der Waals surface area contributed by atoms with Crippen LogP contribution in [0.1, 0.15) is 10.4 Å². The average molecular weight is 286 g/mol. The van der Waals surface area contributed by atoms with Crippen LogP contribution in [-0.4, -0.2) is 48.6 Å². The lowest BCUT2D eigenvalue weighted by atomic mass is 10.1. The van der Waals surface area contributed by atoms with Crippen LogP contribution in [0.5, 0.6) is 0 Å². The van der Waals surface area contributed by atoms with E-state index in [4.69, 9.17) is 15.9 Å². The number of carboxylic acids is 1. The van der Waals surface area contributed by atoms with E-state index in [-0.39, 0.29) is 41.8 Å². The molecule has 0 radical (unpaired) electrons. The largest absolute Gasteiger partial charge is 0.478 e. The molecule has 1 heterocycles. The van der Waals surface area contributed by atoms with E-state index in [1.54, 1.807) is 0 Å². The third kappa shape index (κ3) is 2.42. The van der Waals surface area contributed by atoms with Crippen LogP contribution in [0.15, 0.2) is 23.1 Å². The number of nitrogens with two attached hydrogens (primary N) is 1. The molecule has 2 rings (SSSR count). The molecule has 0 amide bonds. The second kappa shape index (κ2) is 4.80. The molecule has 1 aromatic carbocycles. The molecule has 0 spiro atoms. The second-order valence-electron chi connectivity index (χ2n) is 4.43. The quantitative estimate of drug-likeness (QED) is 0.646. The van der Waals surface area contributed by atoms with Gasteiger partial charge < -0.3 is 15.9 Å². The summed E-state index contributed by atoms with van der Waals surface area (Å²) in [6.45, 7) is 0.310. The number of carboxylic acid groups (broad SMARTS) is 1. The minimum Gasteiger partial charge on any atom is -0.478 e. The molecule has 1 fully saturated rings. The summed E-state index contributed by atoms with van der Waals surface area (Å²) in [6.07, 6.45) is 0. The van der Waals surface area contributed by atoms with Gasteiger partial charge in [-0.3, -0.25) is 0 Å². The second-order valence-corrected chi connectivity index (χ2v) is 6.34. The summed E-state index contributed by atoms with van der Waals surface area (Å²) in [5, 5.41) is 17.9. The number of aromatic carboxylic acids is 1. The fourth-order valence-corrected chi connectivity index (χ4v) is 3.67. The highest BCUT2D eigenvalue weighted by molar-refractivity contribution is 7.89. The van der Waals surface area contributed by atoms with E-state index in [0.717, 1.165) is 10.4 Å². The zero-order valence-corrected chi connectivity index (χ0v) is 10.8. The van der Waals surface area contributed by atoms with Crippen molar-refractivity contribution in [3.05, 3.63) is 23.8 Å². The Labute approximate surface area is 110 Å². The molecule has 0 aromatic heterocycles. The zero-order valence-electron chi connectivity index (χ0n) is 9.98. The Hall–Kier alpha value is -1.64. The lowest BCUT2D eigenvalue weighted by Gasteiger charge is -2.37. The smallest absolute Gasteiger partial charge is 0.337 e. The van der Waals surface area contributed by atoms with Gasteiger partial charge in [0.15, 0.2) is 0 Å². The minimum atomic E-state index is -3.85. The number of hydrogen-bond acceptors (Lipinski definition) is 5. The van der Waals surface area contributed by atoms with Gasteiger partial charge in [-0.25, -0.2) is 13.2 Å². The fourth-order valence-electron chi connectivity index (χ4n) is 1.91. The summed E-state index contributed by atoms with van der Waals surface area (Å²) in [4.78, 5) is 10.8. The molecule has 8 heteroatoms. The van der Waals surface area contributed by atoms with Crippen molar-refractivity contribution in [3.8, 4) is 0 Å². The number of hydrogen-bond donors (Lipinski definition) is 3. The molecule has 0 saturated carbocycles. The molecule has 1 aliphatic heterocycles. The molecule has 0 unspecified atom stereocenters. The molecule has 1 aliphatic rings. The highest BCUT2D eigenvalue weighted by atomic mass is 32.2. The van der Waals surface area contributed by atoms with Crippen LogP contribution in [0.2, 0.25) is 0 Å². The molecule has 7 nitrogen and oxygen atoms in total. The van der Waals surface area contributed by atoms with E-state index in [1.807, 2.05) is 0 Å². The summed E-state index contributed by atoms with van der Waals surface area (Å²) in [5.41, 5.74) is 5.32. The molecule has 104 valence electrons. The Morgan fingerprint density at radius 3 is 2.58 bits per heavy atom. The van der Waals surface area contributed by atoms with Gasteiger partial charge in [0.05, 0.1) is 10.5 Å². The van der Waals surface area contributed by atoms with Crippen molar-refractivity contribution in [1.82, 2.24) is 4.31 Å². The van der Waals surface area contributed by atoms with Crippen molar-refractivity contribution in [2.75, 3.05) is 25.4 Å². The molecule has 0 atom stereocenters. The number of benzene rings is 1. The van der Waals surface area contributed by atoms with Crippen molar-refractivity contribution < 1.29 is 23.4 Å². The van der Waals surface area contributed by atoms with Gasteiger partial charge in [0.2, 0.25) is 10.0 Å². The lowest BCUT2D eigenvalue weighted by Crippen LogP contribution is -2.51. The first-order valence-corrected chi connectivity index (χ1v) is 7.04. The number of carbonyl (C=O) groups is 1. The summed E-state index contributed by atoms with van der Waals surface area (Å²) in [5.74, 6) is -1.43. The Morgan fingerprint density at radius 2 is 2.05 bits per heavy atom. The third-order valence-electron chi connectivity index (χ3n) is 3.03. The molecule has 0 bridgehead atoms. The van der Waals surface area contributed by atoms with E-state index >= 15 is 0 Å². The molecule has 19 heavy (non-hydrogen) atoms. The van der Waals surface area contributed by atoms with Crippen LogP contribution in [0.25, 0.3) is 0 Å². The van der Waals surface area contributed by atoms with Gasteiger partial charge in [-0.15, -0.1) is 0 Å². The van der Waals surface area contributed by atoms with Crippen LogP contribution in [0.3, 0.4) is 0 Å². The SMILES string of the molecule is Nc1ccc(S(=O)(=O)N2CC(CO)C2)c(C(=O)O)c1. The predicted octanol–water partition coefficient (Wildman–Crippen LogP) is -0.420. The summed E-state index contributed by atoms with van der Waals surface area (Å²) < 4.78 is 25.6. The normalized spacial score (nSPS) is 17.1. The van der Waals surface area contributed by atoms with Crippen molar-refractivity contribution in [1.29, 1.82) is 0 Å². The van der Waals surface area contributed by atoms with Gasteiger partial charge >= 0.3 is 5.97 Å². The highest BCUT2D eigenvalue weighted by Crippen LogP contribution is 2.28. The van der Waals surface area contributed by atoms with Crippen LogP contribution in [-0.2, 0) is 10.0 Å². The number of nitrogens with zero attached hydrogens (tertiary/aromatic N) is 1. The van der Waals surface area contributed by atoms with Gasteiger partial charge in [-0.2, -0.15) is 4.31 Å². The van der Waals surface area contributed by atoms with Crippen LogP contribution in [0.4, 0.5) is 5.69 Å². The lowest BCUT2D eigenvalue weighted by molar-refractivity contribution is 0.0691. The van der Waals surface area contributed by atoms with E-state index in [0.29, 0.717) is 0 Å². The highest BCUT2D eigenvalue weighted by Gasteiger charge is 2.38. The van der Waals surface area contributed by atoms with Crippen molar-refractivity contribution >= 4 is 21.7 Å². The molecular formula is C11H14N2O5S. The first-order valence-electron chi connectivity index (χ1n) is 5.60. The molecular weight excluding hydrogens is 272 g/mol. The minimum absolute atomic E-state index is 0.0838.